The van der Waals surface area contributed by atoms with Gasteiger partial charge >= 0.3 is 5.97 Å². The Labute approximate surface area is 78.6 Å². The minimum absolute atomic E-state index is 0.231. The van der Waals surface area contributed by atoms with Crippen LogP contribution in [0.2, 0.25) is 0 Å². The van der Waals surface area contributed by atoms with Gasteiger partial charge in [0, 0.05) is 0 Å². The number of ether oxygens (including phenoxy) is 1. The fourth-order valence-corrected chi connectivity index (χ4v) is 3.11. The zero-order valence-corrected chi connectivity index (χ0v) is 8.14. The van der Waals surface area contributed by atoms with Crippen molar-refractivity contribution in [1.82, 2.24) is 0 Å². The maximum Gasteiger partial charge on any atom is 0.325 e. The highest BCUT2D eigenvalue weighted by atomic mass is 16.5. The second-order valence-corrected chi connectivity index (χ2v) is 4.71. The van der Waals surface area contributed by atoms with Crippen molar-refractivity contribution in [3.05, 3.63) is 0 Å². The first-order valence-electron chi connectivity index (χ1n) is 4.98. The van der Waals surface area contributed by atoms with Crippen LogP contribution in [0, 0.1) is 5.41 Å². The third-order valence-electron chi connectivity index (χ3n) is 3.64. The maximum atomic E-state index is 11.3. The second-order valence-electron chi connectivity index (χ2n) is 4.71. The van der Waals surface area contributed by atoms with Crippen molar-refractivity contribution in [3.8, 4) is 0 Å². The SMILES string of the molecule is COC(=O)C1(N)CC2(CCCC2)C1. The van der Waals surface area contributed by atoms with Gasteiger partial charge in [-0.2, -0.15) is 0 Å². The van der Waals surface area contributed by atoms with Gasteiger partial charge in [0.15, 0.2) is 0 Å². The van der Waals surface area contributed by atoms with Crippen molar-refractivity contribution < 1.29 is 9.53 Å². The molecule has 2 rings (SSSR count). The molecular formula is C10H17NO2. The number of esters is 1. The summed E-state index contributed by atoms with van der Waals surface area (Å²) in [5.41, 5.74) is 5.69. The predicted octanol–water partition coefficient (Wildman–Crippen LogP) is 1.21. The van der Waals surface area contributed by atoms with E-state index >= 15 is 0 Å². The molecule has 0 aromatic rings. The third-order valence-corrected chi connectivity index (χ3v) is 3.64. The Bertz CT molecular complexity index is 223. The molecule has 0 bridgehead atoms. The van der Waals surface area contributed by atoms with Crippen LogP contribution in [-0.2, 0) is 9.53 Å². The molecule has 0 aliphatic heterocycles. The van der Waals surface area contributed by atoms with Crippen molar-refractivity contribution >= 4 is 5.97 Å². The third kappa shape index (κ3) is 1.26. The van der Waals surface area contributed by atoms with Gasteiger partial charge in [-0.15, -0.1) is 0 Å². The van der Waals surface area contributed by atoms with Crippen LogP contribution in [0.25, 0.3) is 0 Å². The van der Waals surface area contributed by atoms with Gasteiger partial charge in [0.25, 0.3) is 0 Å². The molecule has 2 fully saturated rings. The summed E-state index contributed by atoms with van der Waals surface area (Å²) in [6.07, 6.45) is 6.79. The molecule has 0 heterocycles. The molecule has 13 heavy (non-hydrogen) atoms. The standard InChI is InChI=1S/C10H17NO2/c1-13-8(12)10(11)6-9(7-10)4-2-3-5-9/h2-7,11H2,1H3. The van der Waals surface area contributed by atoms with Gasteiger partial charge in [0.2, 0.25) is 0 Å². The smallest absolute Gasteiger partial charge is 0.325 e. The topological polar surface area (TPSA) is 52.3 Å². The molecule has 2 aliphatic carbocycles. The average molecular weight is 183 g/mol. The van der Waals surface area contributed by atoms with Crippen LogP contribution < -0.4 is 5.73 Å². The summed E-state index contributed by atoms with van der Waals surface area (Å²) >= 11 is 0. The first-order valence-corrected chi connectivity index (χ1v) is 4.98. The van der Waals surface area contributed by atoms with E-state index in [1.807, 2.05) is 0 Å². The first-order chi connectivity index (χ1) is 6.10. The van der Waals surface area contributed by atoms with Crippen LogP contribution in [0.3, 0.4) is 0 Å². The predicted molar refractivity (Wildman–Crippen MR) is 49.1 cm³/mol. The van der Waals surface area contributed by atoms with Gasteiger partial charge in [-0.25, -0.2) is 0 Å². The second kappa shape index (κ2) is 2.71. The van der Waals surface area contributed by atoms with Gasteiger partial charge < -0.3 is 10.5 Å². The zero-order chi connectivity index (χ0) is 9.53. The molecule has 0 atom stereocenters. The Hall–Kier alpha value is -0.570. The molecular weight excluding hydrogens is 166 g/mol. The molecule has 2 N–H and O–H groups in total. The highest BCUT2D eigenvalue weighted by molar-refractivity contribution is 5.82. The normalized spacial score (nSPS) is 28.5. The lowest BCUT2D eigenvalue weighted by Crippen LogP contribution is -2.62. The Morgan fingerprint density at radius 2 is 1.85 bits per heavy atom. The zero-order valence-electron chi connectivity index (χ0n) is 8.14. The summed E-state index contributed by atoms with van der Waals surface area (Å²) in [6.45, 7) is 0. The number of rotatable bonds is 1. The summed E-state index contributed by atoms with van der Waals surface area (Å²) < 4.78 is 4.70. The van der Waals surface area contributed by atoms with E-state index in [0.717, 1.165) is 12.8 Å². The fourth-order valence-electron chi connectivity index (χ4n) is 3.11. The van der Waals surface area contributed by atoms with E-state index in [-0.39, 0.29) is 5.97 Å². The highest BCUT2D eigenvalue weighted by Crippen LogP contribution is 2.57. The van der Waals surface area contributed by atoms with E-state index in [9.17, 15) is 4.79 Å². The molecule has 3 nitrogen and oxygen atoms in total. The van der Waals surface area contributed by atoms with Gasteiger partial charge in [-0.05, 0) is 31.1 Å². The van der Waals surface area contributed by atoms with Crippen molar-refractivity contribution in [2.45, 2.75) is 44.1 Å². The van der Waals surface area contributed by atoms with Crippen LogP contribution in [0.4, 0.5) is 0 Å². The molecule has 3 heteroatoms. The van der Waals surface area contributed by atoms with Crippen molar-refractivity contribution in [2.24, 2.45) is 11.1 Å². The number of hydrogen-bond acceptors (Lipinski definition) is 3. The van der Waals surface area contributed by atoms with Crippen LogP contribution in [0.15, 0.2) is 0 Å². The molecule has 0 amide bonds. The van der Waals surface area contributed by atoms with Crippen LogP contribution in [0.5, 0.6) is 0 Å². The Morgan fingerprint density at radius 3 is 2.31 bits per heavy atom. The van der Waals surface area contributed by atoms with Gasteiger partial charge in [-0.3, -0.25) is 4.79 Å². The van der Waals surface area contributed by atoms with E-state index in [0.29, 0.717) is 5.41 Å². The molecule has 2 aliphatic rings. The Kier molecular flexibility index (Phi) is 1.88. The lowest BCUT2D eigenvalue weighted by Gasteiger charge is -2.50. The van der Waals surface area contributed by atoms with Crippen LogP contribution in [0.1, 0.15) is 38.5 Å². The lowest BCUT2D eigenvalue weighted by molar-refractivity contribution is -0.157. The first kappa shape index (κ1) is 9.00. The van der Waals surface area contributed by atoms with Gasteiger partial charge in [0.1, 0.15) is 5.54 Å². The van der Waals surface area contributed by atoms with Crippen molar-refractivity contribution in [1.29, 1.82) is 0 Å². The summed E-state index contributed by atoms with van der Waals surface area (Å²) in [5.74, 6) is -0.231. The van der Waals surface area contributed by atoms with E-state index in [4.69, 9.17) is 10.5 Å². The average Bonchev–Trinajstić information content (AvgIpc) is 2.50. The summed E-state index contributed by atoms with van der Waals surface area (Å²) in [7, 11) is 1.41. The van der Waals surface area contributed by atoms with E-state index in [1.165, 1.54) is 32.8 Å². The number of carbonyl (C=O) groups is 1. The highest BCUT2D eigenvalue weighted by Gasteiger charge is 2.57. The van der Waals surface area contributed by atoms with Gasteiger partial charge in [-0.1, -0.05) is 12.8 Å². The molecule has 74 valence electrons. The summed E-state index contributed by atoms with van der Waals surface area (Å²) in [5, 5.41) is 0. The molecule has 0 radical (unpaired) electrons. The monoisotopic (exact) mass is 183 g/mol. The molecule has 0 aromatic heterocycles. The van der Waals surface area contributed by atoms with E-state index < -0.39 is 5.54 Å². The largest absolute Gasteiger partial charge is 0.468 e. The molecule has 0 aromatic carbocycles. The summed E-state index contributed by atoms with van der Waals surface area (Å²) in [6, 6.07) is 0. The van der Waals surface area contributed by atoms with E-state index in [2.05, 4.69) is 0 Å². The van der Waals surface area contributed by atoms with Crippen molar-refractivity contribution in [2.75, 3.05) is 7.11 Å². The van der Waals surface area contributed by atoms with E-state index in [1.54, 1.807) is 0 Å². The lowest BCUT2D eigenvalue weighted by atomic mass is 9.57. The van der Waals surface area contributed by atoms with Crippen LogP contribution >= 0.6 is 0 Å². The van der Waals surface area contributed by atoms with Crippen LogP contribution in [-0.4, -0.2) is 18.6 Å². The number of carbonyl (C=O) groups excluding carboxylic acids is 1. The molecule has 1 spiro atoms. The minimum Gasteiger partial charge on any atom is -0.468 e. The Morgan fingerprint density at radius 1 is 1.31 bits per heavy atom. The van der Waals surface area contributed by atoms with Crippen molar-refractivity contribution in [3.63, 3.8) is 0 Å². The minimum atomic E-state index is -0.654. The summed E-state index contributed by atoms with van der Waals surface area (Å²) in [4.78, 5) is 11.3. The quantitative estimate of drug-likeness (QED) is 0.622. The molecule has 2 saturated carbocycles. The fraction of sp³-hybridized carbons (Fsp3) is 0.900. The van der Waals surface area contributed by atoms with Gasteiger partial charge in [0.05, 0.1) is 7.11 Å². The number of hydrogen-bond donors (Lipinski definition) is 1. The Balaban J connectivity index is 1.98. The molecule has 0 unspecified atom stereocenters. The maximum absolute atomic E-state index is 11.3. The number of methoxy groups -OCH3 is 1. The number of nitrogens with two attached hydrogens (primary N) is 1. The molecule has 0 saturated heterocycles.